The number of carbonyl (C=O) groups excluding carboxylic acids is 1. The van der Waals surface area contributed by atoms with Crippen molar-refractivity contribution in [2.75, 3.05) is 44.8 Å². The predicted octanol–water partition coefficient (Wildman–Crippen LogP) is 3.64. The van der Waals surface area contributed by atoms with Crippen molar-refractivity contribution in [3.63, 3.8) is 0 Å². The van der Waals surface area contributed by atoms with Crippen molar-refractivity contribution >= 4 is 21.6 Å². The molecule has 1 atom stereocenters. The van der Waals surface area contributed by atoms with Gasteiger partial charge in [-0.25, -0.2) is 8.42 Å². The van der Waals surface area contributed by atoms with E-state index in [2.05, 4.69) is 9.62 Å². The van der Waals surface area contributed by atoms with Crippen molar-refractivity contribution in [3.8, 4) is 11.5 Å². The maximum Gasteiger partial charge on any atom is 0.241 e. The Labute approximate surface area is 225 Å². The first-order valence-electron chi connectivity index (χ1n) is 12.8. The third-order valence-electron chi connectivity index (χ3n) is 6.65. The first kappa shape index (κ1) is 27.5. The molecule has 1 N–H and O–H groups in total. The lowest BCUT2D eigenvalue weighted by Crippen LogP contribution is -2.55. The molecule has 0 aliphatic carbocycles. The average Bonchev–Trinajstić information content (AvgIpc) is 2.94. The Hall–Kier alpha value is -3.56. The van der Waals surface area contributed by atoms with Crippen LogP contribution < -0.4 is 19.1 Å². The number of piperazine rings is 1. The van der Waals surface area contributed by atoms with Gasteiger partial charge in [0.2, 0.25) is 15.9 Å². The molecule has 0 bridgehead atoms. The van der Waals surface area contributed by atoms with Crippen LogP contribution in [-0.4, -0.2) is 65.2 Å². The van der Waals surface area contributed by atoms with Gasteiger partial charge in [-0.1, -0.05) is 42.5 Å². The monoisotopic (exact) mass is 537 g/mol. The summed E-state index contributed by atoms with van der Waals surface area (Å²) in [6.07, 6.45) is 0.252. The van der Waals surface area contributed by atoms with Crippen molar-refractivity contribution in [1.29, 1.82) is 0 Å². The lowest BCUT2D eigenvalue weighted by Gasteiger charge is -2.38. The Morgan fingerprint density at radius 1 is 0.947 bits per heavy atom. The number of nitrogens with one attached hydrogen (secondary N) is 1. The quantitative estimate of drug-likeness (QED) is 0.425. The second-order valence-corrected chi connectivity index (χ2v) is 10.9. The van der Waals surface area contributed by atoms with Gasteiger partial charge >= 0.3 is 0 Å². The molecule has 0 spiro atoms. The summed E-state index contributed by atoms with van der Waals surface area (Å²) in [6, 6.07) is 21.1. The number of ether oxygens (including phenoxy) is 2. The lowest BCUT2D eigenvalue weighted by molar-refractivity contribution is -0.133. The van der Waals surface area contributed by atoms with Crippen molar-refractivity contribution in [2.24, 2.45) is 0 Å². The van der Waals surface area contributed by atoms with Gasteiger partial charge < -0.3 is 19.3 Å². The van der Waals surface area contributed by atoms with E-state index >= 15 is 0 Å². The molecular formula is C29H35N3O5S. The van der Waals surface area contributed by atoms with E-state index < -0.39 is 16.1 Å². The number of aryl methyl sites for hydroxylation is 1. The van der Waals surface area contributed by atoms with Gasteiger partial charge in [0.15, 0.2) is 0 Å². The van der Waals surface area contributed by atoms with Crippen LogP contribution in [0, 0.1) is 6.92 Å². The smallest absolute Gasteiger partial charge is 0.241 e. The molecule has 1 aliphatic heterocycles. The van der Waals surface area contributed by atoms with Crippen LogP contribution >= 0.6 is 0 Å². The second kappa shape index (κ2) is 12.3. The van der Waals surface area contributed by atoms with Crippen LogP contribution in [0.4, 0.5) is 5.69 Å². The van der Waals surface area contributed by atoms with Gasteiger partial charge in [0.1, 0.15) is 17.5 Å². The Morgan fingerprint density at radius 3 is 2.29 bits per heavy atom. The van der Waals surface area contributed by atoms with Gasteiger partial charge in [0.05, 0.1) is 24.3 Å². The number of para-hydroxylation sites is 2. The van der Waals surface area contributed by atoms with Crippen molar-refractivity contribution in [1.82, 2.24) is 9.62 Å². The molecule has 202 valence electrons. The van der Waals surface area contributed by atoms with Crippen LogP contribution in [0.1, 0.15) is 18.1 Å². The number of methoxy groups -OCH3 is 1. The summed E-state index contributed by atoms with van der Waals surface area (Å²) in [5.41, 5.74) is 2.58. The third-order valence-corrected chi connectivity index (χ3v) is 8.12. The highest BCUT2D eigenvalue weighted by molar-refractivity contribution is 7.89. The molecule has 9 heteroatoms. The molecule has 0 saturated carbocycles. The zero-order chi connectivity index (χ0) is 27.1. The van der Waals surface area contributed by atoms with E-state index in [4.69, 9.17) is 9.47 Å². The fourth-order valence-electron chi connectivity index (χ4n) is 4.67. The number of hydrogen-bond acceptors (Lipinski definition) is 6. The maximum atomic E-state index is 13.7. The van der Waals surface area contributed by atoms with Gasteiger partial charge in [0, 0.05) is 26.2 Å². The highest BCUT2D eigenvalue weighted by Gasteiger charge is 2.32. The molecule has 3 aromatic rings. The summed E-state index contributed by atoms with van der Waals surface area (Å²) in [7, 11) is -2.32. The van der Waals surface area contributed by atoms with E-state index in [9.17, 15) is 13.2 Å². The minimum atomic E-state index is -3.96. The summed E-state index contributed by atoms with van der Waals surface area (Å²) < 4.78 is 40.6. The fraction of sp³-hybridized carbons (Fsp3) is 0.345. The van der Waals surface area contributed by atoms with E-state index in [0.29, 0.717) is 44.1 Å². The lowest BCUT2D eigenvalue weighted by atomic mass is 10.1. The first-order chi connectivity index (χ1) is 18.3. The number of rotatable bonds is 10. The highest BCUT2D eigenvalue weighted by atomic mass is 32.2. The van der Waals surface area contributed by atoms with Crippen LogP contribution in [0.15, 0.2) is 77.7 Å². The summed E-state index contributed by atoms with van der Waals surface area (Å²) in [6.45, 7) is 6.37. The molecule has 1 aliphatic rings. The molecule has 1 fully saturated rings. The Morgan fingerprint density at radius 2 is 1.63 bits per heavy atom. The number of amides is 1. The standard InChI is InChI=1S/C29H35N3O5S/c1-4-37-27-15-14-24(20-22(27)2)38(34,35)30-25(21-23-10-6-5-7-11-23)29(33)32-18-16-31(17-19-32)26-12-8-9-13-28(26)36-3/h5-15,20,25,30H,4,16-19,21H2,1-3H3/t25-/m0/s1. The van der Waals surface area contributed by atoms with E-state index in [1.807, 2.05) is 61.5 Å². The zero-order valence-electron chi connectivity index (χ0n) is 22.1. The summed E-state index contributed by atoms with van der Waals surface area (Å²) in [4.78, 5) is 17.7. The fourth-order valence-corrected chi connectivity index (χ4v) is 5.94. The van der Waals surface area contributed by atoms with Crippen molar-refractivity contribution in [3.05, 3.63) is 83.9 Å². The van der Waals surface area contributed by atoms with Gasteiger partial charge in [-0.2, -0.15) is 4.72 Å². The molecule has 38 heavy (non-hydrogen) atoms. The van der Waals surface area contributed by atoms with Gasteiger partial charge in [0.25, 0.3) is 0 Å². The van der Waals surface area contributed by atoms with Crippen LogP contribution in [0.3, 0.4) is 0 Å². The predicted molar refractivity (Wildman–Crippen MR) is 148 cm³/mol. The Bertz CT molecular complexity index is 1340. The largest absolute Gasteiger partial charge is 0.495 e. The van der Waals surface area contributed by atoms with E-state index in [-0.39, 0.29) is 17.2 Å². The molecule has 1 heterocycles. The van der Waals surface area contributed by atoms with Crippen LogP contribution in [-0.2, 0) is 21.2 Å². The number of nitrogens with zero attached hydrogens (tertiary/aromatic N) is 2. The Balaban J connectivity index is 1.52. The van der Waals surface area contributed by atoms with Gasteiger partial charge in [-0.3, -0.25) is 4.79 Å². The minimum Gasteiger partial charge on any atom is -0.495 e. The average molecular weight is 538 g/mol. The molecule has 3 aromatic carbocycles. The van der Waals surface area contributed by atoms with Gasteiger partial charge in [-0.05, 0) is 61.7 Å². The van der Waals surface area contributed by atoms with Gasteiger partial charge in [-0.15, -0.1) is 0 Å². The topological polar surface area (TPSA) is 88.2 Å². The number of anilines is 1. The van der Waals surface area contributed by atoms with Crippen molar-refractivity contribution in [2.45, 2.75) is 31.2 Å². The van der Waals surface area contributed by atoms with Crippen LogP contribution in [0.2, 0.25) is 0 Å². The molecule has 1 amide bonds. The first-order valence-corrected chi connectivity index (χ1v) is 14.3. The van der Waals surface area contributed by atoms with E-state index in [1.165, 1.54) is 6.07 Å². The molecule has 0 aromatic heterocycles. The maximum absolute atomic E-state index is 13.7. The van der Waals surface area contributed by atoms with E-state index in [0.717, 1.165) is 17.0 Å². The molecule has 1 saturated heterocycles. The van der Waals surface area contributed by atoms with Crippen molar-refractivity contribution < 1.29 is 22.7 Å². The normalized spacial score (nSPS) is 14.7. The SMILES string of the molecule is CCOc1ccc(S(=O)(=O)N[C@@H](Cc2ccccc2)C(=O)N2CCN(c3ccccc3OC)CC2)cc1C. The summed E-state index contributed by atoms with van der Waals surface area (Å²) in [5, 5.41) is 0. The Kier molecular flexibility index (Phi) is 8.91. The molecular weight excluding hydrogens is 502 g/mol. The molecule has 4 rings (SSSR count). The van der Waals surface area contributed by atoms with Crippen LogP contribution in [0.25, 0.3) is 0 Å². The molecule has 8 nitrogen and oxygen atoms in total. The molecule has 0 radical (unpaired) electrons. The number of benzene rings is 3. The zero-order valence-corrected chi connectivity index (χ0v) is 22.9. The summed E-state index contributed by atoms with van der Waals surface area (Å²) in [5.74, 6) is 1.18. The van der Waals surface area contributed by atoms with Crippen LogP contribution in [0.5, 0.6) is 11.5 Å². The number of hydrogen-bond donors (Lipinski definition) is 1. The summed E-state index contributed by atoms with van der Waals surface area (Å²) >= 11 is 0. The highest BCUT2D eigenvalue weighted by Crippen LogP contribution is 2.28. The number of sulfonamides is 1. The number of carbonyl (C=O) groups is 1. The third kappa shape index (κ3) is 6.46. The molecule has 0 unspecified atom stereocenters. The van der Waals surface area contributed by atoms with E-state index in [1.54, 1.807) is 31.1 Å². The minimum absolute atomic E-state index is 0.102. The second-order valence-electron chi connectivity index (χ2n) is 9.21.